The zero-order chi connectivity index (χ0) is 17.8. The smallest absolute Gasteiger partial charge is 0.262 e. The molecule has 0 bridgehead atoms. The van der Waals surface area contributed by atoms with Crippen LogP contribution in [0.1, 0.15) is 27.9 Å². The van der Waals surface area contributed by atoms with Gasteiger partial charge in [0.2, 0.25) is 0 Å². The molecular weight excluding hydrogens is 340 g/mol. The fourth-order valence-electron chi connectivity index (χ4n) is 2.88. The number of aryl methyl sites for hydroxylation is 2. The summed E-state index contributed by atoms with van der Waals surface area (Å²) in [6.45, 7) is -0.126. The second-order valence-corrected chi connectivity index (χ2v) is 6.30. The van der Waals surface area contributed by atoms with Crippen molar-refractivity contribution in [1.82, 2.24) is 5.32 Å². The molecule has 2 aromatic carbocycles. The molecule has 1 aliphatic rings. The number of anilines is 1. The largest absolute Gasteiger partial charge is 0.484 e. The van der Waals surface area contributed by atoms with Crippen LogP contribution in [0.4, 0.5) is 5.69 Å². The average molecular weight is 359 g/mol. The van der Waals surface area contributed by atoms with Gasteiger partial charge < -0.3 is 15.4 Å². The number of rotatable bonds is 5. The van der Waals surface area contributed by atoms with Crippen molar-refractivity contribution in [2.24, 2.45) is 0 Å². The number of benzene rings is 2. The normalized spacial score (nSPS) is 12.4. The SMILES string of the molecule is CNC(=O)c1ccc(Cl)c(NC(=O)COc2ccc3c(c2)CCC3)c1. The predicted octanol–water partition coefficient (Wildman–Crippen LogP) is 3.21. The van der Waals surface area contributed by atoms with Gasteiger partial charge in [0.05, 0.1) is 10.7 Å². The molecule has 2 amide bonds. The Bertz CT molecular complexity index is 820. The van der Waals surface area contributed by atoms with Gasteiger partial charge in [0.1, 0.15) is 5.75 Å². The van der Waals surface area contributed by atoms with Crippen LogP contribution in [0.5, 0.6) is 5.75 Å². The summed E-state index contributed by atoms with van der Waals surface area (Å²) in [5, 5.41) is 5.56. The van der Waals surface area contributed by atoms with E-state index in [1.807, 2.05) is 12.1 Å². The minimum Gasteiger partial charge on any atom is -0.484 e. The third kappa shape index (κ3) is 4.12. The first kappa shape index (κ1) is 17.3. The van der Waals surface area contributed by atoms with Gasteiger partial charge >= 0.3 is 0 Å². The van der Waals surface area contributed by atoms with E-state index in [2.05, 4.69) is 16.7 Å². The summed E-state index contributed by atoms with van der Waals surface area (Å²) in [5.41, 5.74) is 3.45. The number of ether oxygens (including phenoxy) is 1. The molecule has 2 N–H and O–H groups in total. The molecule has 0 atom stereocenters. The van der Waals surface area contributed by atoms with Crippen LogP contribution in [0.15, 0.2) is 36.4 Å². The van der Waals surface area contributed by atoms with E-state index in [1.165, 1.54) is 23.6 Å². The first-order valence-electron chi connectivity index (χ1n) is 8.13. The lowest BCUT2D eigenvalue weighted by atomic mass is 10.1. The third-order valence-electron chi connectivity index (χ3n) is 4.17. The molecule has 0 saturated carbocycles. The van der Waals surface area contributed by atoms with E-state index >= 15 is 0 Å². The average Bonchev–Trinajstić information content (AvgIpc) is 3.09. The van der Waals surface area contributed by atoms with Crippen molar-refractivity contribution in [1.29, 1.82) is 0 Å². The highest BCUT2D eigenvalue weighted by atomic mass is 35.5. The van der Waals surface area contributed by atoms with Crippen LogP contribution in [0, 0.1) is 0 Å². The van der Waals surface area contributed by atoms with Gasteiger partial charge in [0.25, 0.3) is 11.8 Å². The van der Waals surface area contributed by atoms with Gasteiger partial charge in [0, 0.05) is 12.6 Å². The first-order chi connectivity index (χ1) is 12.1. The lowest BCUT2D eigenvalue weighted by Gasteiger charge is -2.11. The van der Waals surface area contributed by atoms with Crippen molar-refractivity contribution < 1.29 is 14.3 Å². The van der Waals surface area contributed by atoms with Gasteiger partial charge in [-0.25, -0.2) is 0 Å². The molecule has 3 rings (SSSR count). The number of carbonyl (C=O) groups excluding carboxylic acids is 2. The Kier molecular flexibility index (Phi) is 5.24. The van der Waals surface area contributed by atoms with E-state index in [4.69, 9.17) is 16.3 Å². The summed E-state index contributed by atoms with van der Waals surface area (Å²) in [4.78, 5) is 23.8. The molecule has 1 aliphatic carbocycles. The summed E-state index contributed by atoms with van der Waals surface area (Å²) < 4.78 is 5.57. The van der Waals surface area contributed by atoms with Gasteiger partial charge in [-0.1, -0.05) is 17.7 Å². The fraction of sp³-hybridized carbons (Fsp3) is 0.263. The highest BCUT2D eigenvalue weighted by molar-refractivity contribution is 6.33. The fourth-order valence-corrected chi connectivity index (χ4v) is 3.04. The quantitative estimate of drug-likeness (QED) is 0.862. The zero-order valence-electron chi connectivity index (χ0n) is 13.9. The molecular formula is C19H19ClN2O3. The molecule has 2 aromatic rings. The van der Waals surface area contributed by atoms with Crippen LogP contribution in [-0.2, 0) is 17.6 Å². The molecule has 0 radical (unpaired) electrons. The van der Waals surface area contributed by atoms with Gasteiger partial charge in [-0.3, -0.25) is 9.59 Å². The highest BCUT2D eigenvalue weighted by Crippen LogP contribution is 2.26. The number of hydrogen-bond donors (Lipinski definition) is 2. The molecule has 0 spiro atoms. The van der Waals surface area contributed by atoms with E-state index < -0.39 is 0 Å². The topological polar surface area (TPSA) is 67.4 Å². The van der Waals surface area contributed by atoms with Crippen molar-refractivity contribution in [3.63, 3.8) is 0 Å². The molecule has 0 aliphatic heterocycles. The lowest BCUT2D eigenvalue weighted by molar-refractivity contribution is -0.118. The van der Waals surface area contributed by atoms with Crippen LogP contribution in [0.2, 0.25) is 5.02 Å². The number of hydrogen-bond acceptors (Lipinski definition) is 3. The van der Waals surface area contributed by atoms with E-state index in [0.29, 0.717) is 22.0 Å². The maximum Gasteiger partial charge on any atom is 0.262 e. The van der Waals surface area contributed by atoms with E-state index in [0.717, 1.165) is 12.8 Å². The second-order valence-electron chi connectivity index (χ2n) is 5.89. The minimum absolute atomic E-state index is 0.126. The summed E-state index contributed by atoms with van der Waals surface area (Å²) in [6.07, 6.45) is 3.33. The Morgan fingerprint density at radius 1 is 1.12 bits per heavy atom. The molecule has 0 fully saturated rings. The standard InChI is InChI=1S/C19H19ClN2O3/c1-21-19(24)14-6-8-16(20)17(10-14)22-18(23)11-25-15-7-5-12-3-2-4-13(12)9-15/h5-10H,2-4,11H2,1H3,(H,21,24)(H,22,23). The zero-order valence-corrected chi connectivity index (χ0v) is 14.7. The third-order valence-corrected chi connectivity index (χ3v) is 4.50. The number of halogens is 1. The van der Waals surface area contributed by atoms with Crippen molar-refractivity contribution in [3.05, 3.63) is 58.1 Å². The molecule has 0 aromatic heterocycles. The van der Waals surface area contributed by atoms with E-state index in [-0.39, 0.29) is 18.4 Å². The lowest BCUT2D eigenvalue weighted by Crippen LogP contribution is -2.21. The maximum atomic E-state index is 12.1. The van der Waals surface area contributed by atoms with E-state index in [1.54, 1.807) is 19.2 Å². The summed E-state index contributed by atoms with van der Waals surface area (Å²) in [6, 6.07) is 10.6. The number of amides is 2. The van der Waals surface area contributed by atoms with Crippen LogP contribution >= 0.6 is 11.6 Å². The number of nitrogens with one attached hydrogen (secondary N) is 2. The number of carbonyl (C=O) groups is 2. The molecule has 0 saturated heterocycles. The molecule has 0 heterocycles. The molecule has 5 nitrogen and oxygen atoms in total. The van der Waals surface area contributed by atoms with Crippen LogP contribution in [0.25, 0.3) is 0 Å². The maximum absolute atomic E-state index is 12.1. The van der Waals surface area contributed by atoms with Crippen LogP contribution in [-0.4, -0.2) is 25.5 Å². The van der Waals surface area contributed by atoms with Gasteiger partial charge in [-0.2, -0.15) is 0 Å². The van der Waals surface area contributed by atoms with Crippen LogP contribution in [0.3, 0.4) is 0 Å². The Morgan fingerprint density at radius 2 is 1.92 bits per heavy atom. The van der Waals surface area contributed by atoms with E-state index in [9.17, 15) is 9.59 Å². The monoisotopic (exact) mass is 358 g/mol. The second kappa shape index (κ2) is 7.57. The van der Waals surface area contributed by atoms with Gasteiger partial charge in [-0.15, -0.1) is 0 Å². The molecule has 6 heteroatoms. The Labute approximate surface area is 151 Å². The Morgan fingerprint density at radius 3 is 2.72 bits per heavy atom. The van der Waals surface area contributed by atoms with Crippen molar-refractivity contribution in [3.8, 4) is 5.75 Å². The summed E-state index contributed by atoms with van der Waals surface area (Å²) in [5.74, 6) is 0.0963. The Balaban J connectivity index is 1.62. The van der Waals surface area contributed by atoms with Gasteiger partial charge in [-0.05, 0) is 60.7 Å². The van der Waals surface area contributed by atoms with Crippen LogP contribution < -0.4 is 15.4 Å². The predicted molar refractivity (Wildman–Crippen MR) is 97.4 cm³/mol. The summed E-state index contributed by atoms with van der Waals surface area (Å²) in [7, 11) is 1.54. The minimum atomic E-state index is -0.337. The molecule has 130 valence electrons. The van der Waals surface area contributed by atoms with Crippen molar-refractivity contribution >= 4 is 29.1 Å². The number of fused-ring (bicyclic) bond motifs is 1. The molecule has 25 heavy (non-hydrogen) atoms. The first-order valence-corrected chi connectivity index (χ1v) is 8.50. The van der Waals surface area contributed by atoms with Crippen molar-refractivity contribution in [2.75, 3.05) is 19.0 Å². The Hall–Kier alpha value is -2.53. The van der Waals surface area contributed by atoms with Crippen molar-refractivity contribution in [2.45, 2.75) is 19.3 Å². The summed E-state index contributed by atoms with van der Waals surface area (Å²) >= 11 is 6.08. The van der Waals surface area contributed by atoms with Gasteiger partial charge in [0.15, 0.2) is 6.61 Å². The highest BCUT2D eigenvalue weighted by Gasteiger charge is 2.13. The molecule has 0 unspecified atom stereocenters.